The lowest BCUT2D eigenvalue weighted by Crippen LogP contribution is -2.34. The summed E-state index contributed by atoms with van der Waals surface area (Å²) in [7, 11) is 1.49. The number of carbonyl (C=O) groups excluding carboxylic acids is 1. The zero-order valence-corrected chi connectivity index (χ0v) is 13.9. The highest BCUT2D eigenvalue weighted by atomic mass is 19.1. The number of hydrogen-bond donors (Lipinski definition) is 0. The lowest BCUT2D eigenvalue weighted by Gasteiger charge is -2.30. The summed E-state index contributed by atoms with van der Waals surface area (Å²) in [6, 6.07) is 12.3. The second-order valence-electron chi connectivity index (χ2n) is 5.85. The van der Waals surface area contributed by atoms with E-state index >= 15 is 0 Å². The molecule has 4 rings (SSSR count). The van der Waals surface area contributed by atoms with Crippen LogP contribution in [0.15, 0.2) is 48.7 Å². The first-order valence-electron chi connectivity index (χ1n) is 7.87. The summed E-state index contributed by atoms with van der Waals surface area (Å²) in [6.07, 6.45) is 1.72. The highest BCUT2D eigenvalue weighted by Crippen LogP contribution is 2.38. The molecule has 0 radical (unpaired) electrons. The third kappa shape index (κ3) is 2.38. The molecule has 2 heterocycles. The fraction of sp³-hybridized carbons (Fsp3) is 0.158. The summed E-state index contributed by atoms with van der Waals surface area (Å²) in [4.78, 5) is 18.2. The van der Waals surface area contributed by atoms with Gasteiger partial charge in [-0.2, -0.15) is 0 Å². The van der Waals surface area contributed by atoms with E-state index in [9.17, 15) is 9.18 Å². The van der Waals surface area contributed by atoms with Gasteiger partial charge in [-0.05, 0) is 18.2 Å². The highest BCUT2D eigenvalue weighted by molar-refractivity contribution is 5.97. The van der Waals surface area contributed by atoms with Gasteiger partial charge in [-0.25, -0.2) is 9.37 Å². The molecule has 1 aliphatic heterocycles. The maximum Gasteiger partial charge on any atom is 0.225 e. The quantitative estimate of drug-likeness (QED) is 0.716. The van der Waals surface area contributed by atoms with E-state index in [1.807, 2.05) is 28.8 Å². The number of amides is 1. The molecular weight excluding hydrogens is 321 g/mol. The lowest BCUT2D eigenvalue weighted by atomic mass is 10.1. The minimum Gasteiger partial charge on any atom is -0.497 e. The van der Waals surface area contributed by atoms with Crippen molar-refractivity contribution in [1.29, 1.82) is 0 Å². The van der Waals surface area contributed by atoms with Crippen molar-refractivity contribution in [3.8, 4) is 28.4 Å². The number of rotatable bonds is 2. The average Bonchev–Trinajstić information content (AvgIpc) is 3.04. The molecule has 1 amide bonds. The molecule has 0 unspecified atom stereocenters. The SMILES string of the molecule is COc1ccc(-c2ncc3n2CN(C(C)=O)c2ccccc2-3)c(F)c1. The molecule has 2 aromatic carbocycles. The standard InChI is InChI=1S/C19H16FN3O2/c1-12(24)22-11-23-18(15-5-3-4-6-17(15)22)10-21-19(23)14-8-7-13(25-2)9-16(14)20/h3-10H,11H2,1-2H3. The Bertz CT molecular complexity index is 981. The number of anilines is 1. The van der Waals surface area contributed by atoms with E-state index in [-0.39, 0.29) is 5.91 Å². The number of benzene rings is 2. The van der Waals surface area contributed by atoms with Gasteiger partial charge in [0, 0.05) is 18.6 Å². The van der Waals surface area contributed by atoms with E-state index in [2.05, 4.69) is 4.98 Å². The number of ether oxygens (including phenoxy) is 1. The molecule has 0 N–H and O–H groups in total. The minimum absolute atomic E-state index is 0.0760. The van der Waals surface area contributed by atoms with Crippen molar-refractivity contribution in [2.75, 3.05) is 12.0 Å². The smallest absolute Gasteiger partial charge is 0.225 e. The molecule has 126 valence electrons. The summed E-state index contributed by atoms with van der Waals surface area (Å²) < 4.78 is 21.4. The second kappa shape index (κ2) is 5.73. The van der Waals surface area contributed by atoms with Crippen LogP contribution in [-0.4, -0.2) is 22.6 Å². The number of carbonyl (C=O) groups is 1. The van der Waals surface area contributed by atoms with Crippen molar-refractivity contribution >= 4 is 11.6 Å². The Balaban J connectivity index is 1.89. The van der Waals surface area contributed by atoms with Gasteiger partial charge in [0.1, 0.15) is 24.1 Å². The summed E-state index contributed by atoms with van der Waals surface area (Å²) in [5.41, 5.74) is 2.97. The van der Waals surface area contributed by atoms with E-state index in [4.69, 9.17) is 4.74 Å². The number of nitrogens with zero attached hydrogens (tertiary/aromatic N) is 3. The zero-order valence-electron chi connectivity index (χ0n) is 13.9. The van der Waals surface area contributed by atoms with Gasteiger partial charge in [0.2, 0.25) is 5.91 Å². The third-order valence-electron chi connectivity index (χ3n) is 4.41. The second-order valence-corrected chi connectivity index (χ2v) is 5.85. The predicted octanol–water partition coefficient (Wildman–Crippen LogP) is 3.69. The Morgan fingerprint density at radius 3 is 2.72 bits per heavy atom. The Kier molecular flexibility index (Phi) is 3.53. The van der Waals surface area contributed by atoms with Crippen LogP contribution in [0.5, 0.6) is 5.75 Å². The normalized spacial score (nSPS) is 12.5. The molecular formula is C19H16FN3O2. The van der Waals surface area contributed by atoms with Gasteiger partial charge in [0.15, 0.2) is 0 Å². The Labute approximate surface area is 144 Å². The summed E-state index contributed by atoms with van der Waals surface area (Å²) >= 11 is 0. The molecule has 0 aliphatic carbocycles. The van der Waals surface area contributed by atoms with Gasteiger partial charge in [-0.3, -0.25) is 9.69 Å². The van der Waals surface area contributed by atoms with Crippen molar-refractivity contribution in [1.82, 2.24) is 9.55 Å². The maximum absolute atomic E-state index is 14.5. The lowest BCUT2D eigenvalue weighted by molar-refractivity contribution is -0.116. The fourth-order valence-corrected chi connectivity index (χ4v) is 3.17. The van der Waals surface area contributed by atoms with E-state index in [1.165, 1.54) is 20.1 Å². The Morgan fingerprint density at radius 2 is 2.00 bits per heavy atom. The molecule has 1 aromatic heterocycles. The fourth-order valence-electron chi connectivity index (χ4n) is 3.17. The molecule has 25 heavy (non-hydrogen) atoms. The largest absolute Gasteiger partial charge is 0.497 e. The summed E-state index contributed by atoms with van der Waals surface area (Å²) in [5.74, 6) is 0.437. The number of halogens is 1. The number of fused-ring (bicyclic) bond motifs is 3. The molecule has 1 aliphatic rings. The molecule has 0 fully saturated rings. The number of aromatic nitrogens is 2. The van der Waals surface area contributed by atoms with E-state index in [0.29, 0.717) is 23.8 Å². The number of methoxy groups -OCH3 is 1. The van der Waals surface area contributed by atoms with Crippen molar-refractivity contribution in [3.63, 3.8) is 0 Å². The first kappa shape index (κ1) is 15.4. The summed E-state index contributed by atoms with van der Waals surface area (Å²) in [6.45, 7) is 1.81. The van der Waals surface area contributed by atoms with Gasteiger partial charge >= 0.3 is 0 Å². The van der Waals surface area contributed by atoms with Crippen LogP contribution in [-0.2, 0) is 11.5 Å². The van der Waals surface area contributed by atoms with Crippen LogP contribution < -0.4 is 9.64 Å². The first-order valence-corrected chi connectivity index (χ1v) is 7.87. The first-order chi connectivity index (χ1) is 12.1. The molecule has 0 atom stereocenters. The predicted molar refractivity (Wildman–Crippen MR) is 92.8 cm³/mol. The van der Waals surface area contributed by atoms with E-state index in [0.717, 1.165) is 16.9 Å². The van der Waals surface area contributed by atoms with E-state index < -0.39 is 5.82 Å². The monoisotopic (exact) mass is 337 g/mol. The van der Waals surface area contributed by atoms with Gasteiger partial charge in [0.05, 0.1) is 30.3 Å². The molecule has 0 bridgehead atoms. The molecule has 0 saturated heterocycles. The van der Waals surface area contributed by atoms with Crippen molar-refractivity contribution < 1.29 is 13.9 Å². The Hall–Kier alpha value is -3.15. The molecule has 3 aromatic rings. The van der Waals surface area contributed by atoms with Gasteiger partial charge in [-0.1, -0.05) is 18.2 Å². The van der Waals surface area contributed by atoms with Gasteiger partial charge in [0.25, 0.3) is 0 Å². The van der Waals surface area contributed by atoms with Crippen LogP contribution in [0.3, 0.4) is 0 Å². The molecule has 0 saturated carbocycles. The topological polar surface area (TPSA) is 47.4 Å². The average molecular weight is 337 g/mol. The van der Waals surface area contributed by atoms with Crippen LogP contribution in [0, 0.1) is 5.82 Å². The summed E-state index contributed by atoms with van der Waals surface area (Å²) in [5, 5.41) is 0. The zero-order chi connectivity index (χ0) is 17.6. The van der Waals surface area contributed by atoms with E-state index in [1.54, 1.807) is 23.2 Å². The Morgan fingerprint density at radius 1 is 1.20 bits per heavy atom. The van der Waals surface area contributed by atoms with Crippen LogP contribution in [0.2, 0.25) is 0 Å². The van der Waals surface area contributed by atoms with Crippen molar-refractivity contribution in [2.24, 2.45) is 0 Å². The van der Waals surface area contributed by atoms with Crippen molar-refractivity contribution in [3.05, 3.63) is 54.5 Å². The van der Waals surface area contributed by atoms with Crippen LogP contribution in [0.4, 0.5) is 10.1 Å². The van der Waals surface area contributed by atoms with Crippen LogP contribution in [0.25, 0.3) is 22.6 Å². The van der Waals surface area contributed by atoms with Crippen LogP contribution >= 0.6 is 0 Å². The van der Waals surface area contributed by atoms with Crippen molar-refractivity contribution in [2.45, 2.75) is 13.6 Å². The number of para-hydroxylation sites is 1. The number of imidazole rings is 1. The molecule has 6 heteroatoms. The maximum atomic E-state index is 14.5. The van der Waals surface area contributed by atoms with Gasteiger partial charge in [-0.15, -0.1) is 0 Å². The molecule has 0 spiro atoms. The van der Waals surface area contributed by atoms with Gasteiger partial charge < -0.3 is 9.30 Å². The third-order valence-corrected chi connectivity index (χ3v) is 4.41. The molecule has 5 nitrogen and oxygen atoms in total. The number of hydrogen-bond acceptors (Lipinski definition) is 3. The minimum atomic E-state index is -0.416. The highest BCUT2D eigenvalue weighted by Gasteiger charge is 2.27. The van der Waals surface area contributed by atoms with Crippen LogP contribution in [0.1, 0.15) is 6.92 Å².